The lowest BCUT2D eigenvalue weighted by Gasteiger charge is -2.61. The largest absolute Gasteiger partial charge is 0.454 e. The molecular formula is C41H66O13. The number of aliphatic hydroxyl groups excluding tert-OH is 7. The van der Waals surface area contributed by atoms with Gasteiger partial charge in [-0.15, -0.1) is 0 Å². The van der Waals surface area contributed by atoms with E-state index in [1.165, 1.54) is 26.2 Å². The molecule has 7 fully saturated rings. The molecule has 0 amide bonds. The molecule has 2 heterocycles. The lowest BCUT2D eigenvalue weighted by Crippen LogP contribution is -2.65. The fourth-order valence-corrected chi connectivity index (χ4v) is 12.5. The van der Waals surface area contributed by atoms with E-state index in [1.807, 2.05) is 0 Å². The second-order valence-electron chi connectivity index (χ2n) is 18.5. The van der Waals surface area contributed by atoms with Crippen LogP contribution in [0.25, 0.3) is 0 Å². The summed E-state index contributed by atoms with van der Waals surface area (Å²) in [6, 6.07) is 0. The Hall–Kier alpha value is -1.23. The highest BCUT2D eigenvalue weighted by Gasteiger charge is 2.62. The third-order valence-corrected chi connectivity index (χ3v) is 15.7. The molecule has 0 bridgehead atoms. The highest BCUT2D eigenvalue weighted by atomic mass is 16.7. The van der Waals surface area contributed by atoms with Gasteiger partial charge in [0, 0.05) is 13.5 Å². The third kappa shape index (κ3) is 7.35. The van der Waals surface area contributed by atoms with Crippen molar-refractivity contribution in [3.05, 3.63) is 12.2 Å². The maximum absolute atomic E-state index is 12.4. The van der Waals surface area contributed by atoms with E-state index in [9.17, 15) is 40.5 Å². The Kier molecular flexibility index (Phi) is 12.3. The van der Waals surface area contributed by atoms with Crippen LogP contribution in [0.4, 0.5) is 0 Å². The second-order valence-corrected chi connectivity index (χ2v) is 18.5. The summed E-state index contributed by atoms with van der Waals surface area (Å²) in [6.07, 6.45) is 0.461. The quantitative estimate of drug-likeness (QED) is 0.0916. The number of ether oxygens (including phenoxy) is 5. The predicted molar refractivity (Wildman–Crippen MR) is 193 cm³/mol. The minimum atomic E-state index is -1.76. The van der Waals surface area contributed by atoms with Crippen LogP contribution < -0.4 is 0 Å². The molecule has 0 aromatic heterocycles. The van der Waals surface area contributed by atoms with Gasteiger partial charge in [-0.2, -0.15) is 0 Å². The molecule has 5 saturated carbocycles. The Labute approximate surface area is 319 Å². The van der Waals surface area contributed by atoms with Gasteiger partial charge in [0.05, 0.1) is 19.3 Å². The number of esters is 1. The van der Waals surface area contributed by atoms with Crippen LogP contribution in [0, 0.1) is 58.2 Å². The topological polar surface area (TPSA) is 205 Å². The zero-order valence-corrected chi connectivity index (χ0v) is 32.4. The Morgan fingerprint density at radius 3 is 2.19 bits per heavy atom. The molecule has 21 atom stereocenters. The summed E-state index contributed by atoms with van der Waals surface area (Å²) in [5.41, 5.74) is 0.118. The molecule has 308 valence electrons. The first kappa shape index (κ1) is 40.9. The van der Waals surface area contributed by atoms with Crippen LogP contribution in [0.15, 0.2) is 12.2 Å². The average molecular weight is 767 g/mol. The summed E-state index contributed by atoms with van der Waals surface area (Å²) in [5.74, 6) is 3.92. The number of hydrogen-bond donors (Lipinski definition) is 7. The zero-order chi connectivity index (χ0) is 38.7. The Balaban J connectivity index is 1.03. The van der Waals surface area contributed by atoms with Gasteiger partial charge in [-0.3, -0.25) is 4.79 Å². The molecule has 13 nitrogen and oxygen atoms in total. The average Bonchev–Trinajstić information content (AvgIpc) is 3.72. The summed E-state index contributed by atoms with van der Waals surface area (Å²) in [7, 11) is 0. The van der Waals surface area contributed by atoms with Crippen LogP contribution in [-0.2, 0) is 28.5 Å². The number of fused-ring (bicyclic) bond motifs is 5. The molecule has 0 radical (unpaired) electrons. The van der Waals surface area contributed by atoms with Crippen LogP contribution in [0.5, 0.6) is 0 Å². The van der Waals surface area contributed by atoms with Crippen molar-refractivity contribution in [1.29, 1.82) is 0 Å². The van der Waals surface area contributed by atoms with E-state index in [4.69, 9.17) is 23.7 Å². The Morgan fingerprint density at radius 1 is 0.815 bits per heavy atom. The monoisotopic (exact) mass is 766 g/mol. The lowest BCUT2D eigenvalue weighted by molar-refractivity contribution is -0.365. The third-order valence-electron chi connectivity index (χ3n) is 15.7. The standard InChI is InChI=1S/C41H66O13/c1-20(5-6-23-15-21(23)2)27-9-10-29-26-8-7-24-16-25(11-13-40(24,4)28(26)12-14-41(27,29)19-44)51-39-37(50-22(3)45)36(33(47)31(18-43)53-39)54-38-35(49)34(48)32(46)30(17-42)52-38/h5-6,20-21,23-39,42-44,46-49H,7-19H2,1-4H3. The predicted octanol–water partition coefficient (Wildman–Crippen LogP) is 2.05. The van der Waals surface area contributed by atoms with Crippen LogP contribution in [0.3, 0.4) is 0 Å². The molecule has 2 aliphatic heterocycles. The molecule has 13 heteroatoms. The second kappa shape index (κ2) is 16.2. The fourth-order valence-electron chi connectivity index (χ4n) is 12.5. The van der Waals surface area contributed by atoms with Crippen LogP contribution in [0.1, 0.15) is 91.9 Å². The van der Waals surface area contributed by atoms with Crippen LogP contribution in [0.2, 0.25) is 0 Å². The highest BCUT2D eigenvalue weighted by Crippen LogP contribution is 2.68. The molecule has 0 aromatic carbocycles. The van der Waals surface area contributed by atoms with Crippen molar-refractivity contribution in [2.24, 2.45) is 58.2 Å². The number of aliphatic hydroxyl groups is 7. The number of allylic oxidation sites excluding steroid dienone is 2. The molecule has 0 spiro atoms. The van der Waals surface area contributed by atoms with E-state index >= 15 is 0 Å². The van der Waals surface area contributed by atoms with Crippen molar-refractivity contribution in [2.75, 3.05) is 19.8 Å². The van der Waals surface area contributed by atoms with E-state index in [0.717, 1.165) is 56.8 Å². The van der Waals surface area contributed by atoms with Gasteiger partial charge in [-0.25, -0.2) is 0 Å². The Bertz CT molecular complexity index is 1330. The van der Waals surface area contributed by atoms with E-state index in [2.05, 4.69) is 32.9 Å². The zero-order valence-electron chi connectivity index (χ0n) is 32.4. The van der Waals surface area contributed by atoms with Crippen molar-refractivity contribution < 1.29 is 64.2 Å². The van der Waals surface area contributed by atoms with Gasteiger partial charge >= 0.3 is 5.97 Å². The summed E-state index contributed by atoms with van der Waals surface area (Å²) in [4.78, 5) is 12.4. The molecule has 54 heavy (non-hydrogen) atoms. The van der Waals surface area contributed by atoms with Crippen molar-refractivity contribution in [2.45, 2.75) is 159 Å². The van der Waals surface area contributed by atoms with Crippen molar-refractivity contribution in [3.8, 4) is 0 Å². The summed E-state index contributed by atoms with van der Waals surface area (Å²) >= 11 is 0. The van der Waals surface area contributed by atoms with Crippen LogP contribution >= 0.6 is 0 Å². The summed E-state index contributed by atoms with van der Waals surface area (Å²) in [6.45, 7) is 7.34. The number of carbonyl (C=O) groups excluding carboxylic acids is 1. The van der Waals surface area contributed by atoms with Gasteiger partial charge in [-0.05, 0) is 122 Å². The van der Waals surface area contributed by atoms with Gasteiger partial charge < -0.3 is 59.4 Å². The van der Waals surface area contributed by atoms with Gasteiger partial charge in [0.15, 0.2) is 18.7 Å². The Morgan fingerprint density at radius 2 is 1.52 bits per heavy atom. The van der Waals surface area contributed by atoms with Gasteiger partial charge in [0.25, 0.3) is 0 Å². The lowest BCUT2D eigenvalue weighted by atomic mass is 9.44. The SMILES string of the molecule is CC(=O)OC1C(OC2CCC3(C)C(CCC4C3CCC3(CO)C(C(C)C=CC5CC5C)CCC43)C2)OC(CO)C(O)C1OC1OC(CO)C(O)C(O)C1O. The molecular weight excluding hydrogens is 700 g/mol. The molecule has 21 unspecified atom stereocenters. The smallest absolute Gasteiger partial charge is 0.303 e. The molecule has 0 aromatic rings. The van der Waals surface area contributed by atoms with Crippen molar-refractivity contribution in [1.82, 2.24) is 0 Å². The van der Waals surface area contributed by atoms with Gasteiger partial charge in [-0.1, -0.05) is 32.9 Å². The first-order chi connectivity index (χ1) is 25.8. The first-order valence-corrected chi connectivity index (χ1v) is 20.8. The maximum Gasteiger partial charge on any atom is 0.303 e. The van der Waals surface area contributed by atoms with E-state index < -0.39 is 80.6 Å². The van der Waals surface area contributed by atoms with E-state index in [0.29, 0.717) is 35.5 Å². The normalized spacial score (nSPS) is 52.3. The van der Waals surface area contributed by atoms with Crippen molar-refractivity contribution >= 4 is 5.97 Å². The highest BCUT2D eigenvalue weighted by molar-refractivity contribution is 5.66. The maximum atomic E-state index is 12.4. The van der Waals surface area contributed by atoms with E-state index in [1.54, 1.807) is 0 Å². The van der Waals surface area contributed by atoms with Gasteiger partial charge in [0.2, 0.25) is 0 Å². The number of hydrogen-bond acceptors (Lipinski definition) is 13. The molecule has 5 aliphatic carbocycles. The minimum Gasteiger partial charge on any atom is -0.454 e. The van der Waals surface area contributed by atoms with Gasteiger partial charge in [0.1, 0.15) is 42.7 Å². The van der Waals surface area contributed by atoms with E-state index in [-0.39, 0.29) is 23.5 Å². The molecule has 2 saturated heterocycles. The first-order valence-electron chi connectivity index (χ1n) is 20.8. The molecule has 7 aliphatic rings. The van der Waals surface area contributed by atoms with Crippen molar-refractivity contribution in [3.63, 3.8) is 0 Å². The number of rotatable bonds is 11. The molecule has 7 rings (SSSR count). The minimum absolute atomic E-state index is 0.00429. The number of carbonyl (C=O) groups is 1. The fraction of sp³-hybridized carbons (Fsp3) is 0.927. The summed E-state index contributed by atoms with van der Waals surface area (Å²) < 4.78 is 29.8. The summed E-state index contributed by atoms with van der Waals surface area (Å²) in [5, 5.41) is 73.5. The molecule has 7 N–H and O–H groups in total. The van der Waals surface area contributed by atoms with Crippen LogP contribution in [-0.4, -0.2) is 129 Å².